The van der Waals surface area contributed by atoms with E-state index in [0.717, 1.165) is 12.8 Å². The van der Waals surface area contributed by atoms with Gasteiger partial charge in [-0.05, 0) is 19.3 Å². The Bertz CT molecular complexity index is 274. The second-order valence-corrected chi connectivity index (χ2v) is 5.01. The molecule has 1 aliphatic rings. The summed E-state index contributed by atoms with van der Waals surface area (Å²) in [6, 6.07) is 0.177. The Kier molecular flexibility index (Phi) is 10.4. The number of carbonyl (C=O) groups excluding carboxylic acids is 1. The zero-order valence-electron chi connectivity index (χ0n) is 12.8. The van der Waals surface area contributed by atoms with E-state index in [0.29, 0.717) is 58.7 Å². The highest BCUT2D eigenvalue weighted by Crippen LogP contribution is 2.19. The van der Waals surface area contributed by atoms with Gasteiger partial charge in [0.05, 0.1) is 45.7 Å². The molecule has 1 rings (SSSR count). The van der Waals surface area contributed by atoms with Crippen LogP contribution in [0.1, 0.15) is 19.3 Å². The van der Waals surface area contributed by atoms with E-state index in [1.54, 1.807) is 7.11 Å². The summed E-state index contributed by atoms with van der Waals surface area (Å²) < 4.78 is 20.9. The number of amides is 1. The number of rotatable bonds is 15. The second kappa shape index (κ2) is 11.9. The van der Waals surface area contributed by atoms with Gasteiger partial charge in [0, 0.05) is 19.8 Å². The Morgan fingerprint density at radius 2 is 1.57 bits per heavy atom. The number of hydrogen-bond donors (Lipinski definition) is 2. The van der Waals surface area contributed by atoms with E-state index in [2.05, 4.69) is 5.32 Å². The van der Waals surface area contributed by atoms with Gasteiger partial charge in [0.15, 0.2) is 0 Å². The Balaban J connectivity index is 1.83. The van der Waals surface area contributed by atoms with E-state index >= 15 is 0 Å². The highest BCUT2D eigenvalue weighted by molar-refractivity contribution is 5.79. The molecule has 1 saturated carbocycles. The van der Waals surface area contributed by atoms with Crippen LogP contribution in [0.5, 0.6) is 0 Å². The lowest BCUT2D eigenvalue weighted by molar-refractivity contribution is -0.120. The largest absolute Gasteiger partial charge is 0.382 e. The topological polar surface area (TPSA) is 92.0 Å². The van der Waals surface area contributed by atoms with E-state index in [9.17, 15) is 4.79 Å². The van der Waals surface area contributed by atoms with E-state index in [4.69, 9.17) is 24.7 Å². The number of hydrogen-bond acceptors (Lipinski definition) is 6. The summed E-state index contributed by atoms with van der Waals surface area (Å²) in [5.74, 6) is -0.310. The van der Waals surface area contributed by atoms with Gasteiger partial charge in [0.25, 0.3) is 0 Å². The molecule has 21 heavy (non-hydrogen) atoms. The van der Waals surface area contributed by atoms with E-state index in [1.165, 1.54) is 0 Å². The summed E-state index contributed by atoms with van der Waals surface area (Å²) in [6.07, 6.45) is 2.86. The monoisotopic (exact) mass is 304 g/mol. The molecule has 0 radical (unpaired) electrons. The molecular weight excluding hydrogens is 276 g/mol. The van der Waals surface area contributed by atoms with Crippen molar-refractivity contribution in [3.63, 3.8) is 0 Å². The van der Waals surface area contributed by atoms with Gasteiger partial charge < -0.3 is 30.0 Å². The van der Waals surface area contributed by atoms with Gasteiger partial charge in [-0.15, -0.1) is 0 Å². The third-order valence-corrected chi connectivity index (χ3v) is 3.08. The number of nitrogens with two attached hydrogens (primary N) is 1. The number of nitrogens with one attached hydrogen (secondary N) is 1. The van der Waals surface area contributed by atoms with Crippen molar-refractivity contribution in [3.05, 3.63) is 0 Å². The first-order chi connectivity index (χ1) is 10.2. The Labute approximate surface area is 126 Å². The van der Waals surface area contributed by atoms with Crippen LogP contribution in [0, 0.1) is 0 Å². The molecule has 1 amide bonds. The Morgan fingerprint density at radius 1 is 1.05 bits per heavy atom. The van der Waals surface area contributed by atoms with Gasteiger partial charge in [0.1, 0.15) is 0 Å². The average Bonchev–Trinajstić information content (AvgIpc) is 3.27. The molecule has 7 heteroatoms. The van der Waals surface area contributed by atoms with E-state index in [-0.39, 0.29) is 11.9 Å². The molecule has 1 atom stereocenters. The normalized spacial score (nSPS) is 16.0. The molecule has 7 nitrogen and oxygen atoms in total. The molecule has 0 spiro atoms. The number of ether oxygens (including phenoxy) is 4. The zero-order chi connectivity index (χ0) is 15.3. The highest BCUT2D eigenvalue weighted by Gasteiger charge is 2.26. The molecule has 0 bridgehead atoms. The maximum absolute atomic E-state index is 11.2. The molecule has 124 valence electrons. The van der Waals surface area contributed by atoms with Crippen LogP contribution >= 0.6 is 0 Å². The SMILES string of the molecule is COCCOCCOCCOCCC(NC1CC1)C(N)=O. The lowest BCUT2D eigenvalue weighted by atomic mass is 10.2. The van der Waals surface area contributed by atoms with Gasteiger partial charge in [-0.3, -0.25) is 4.79 Å². The predicted octanol–water partition coefficient (Wildman–Crippen LogP) is -0.321. The predicted molar refractivity (Wildman–Crippen MR) is 78.1 cm³/mol. The van der Waals surface area contributed by atoms with Crippen molar-refractivity contribution in [1.82, 2.24) is 5.32 Å². The molecular formula is C14H28N2O5. The van der Waals surface area contributed by atoms with Crippen molar-refractivity contribution in [2.24, 2.45) is 5.73 Å². The number of methoxy groups -OCH3 is 1. The van der Waals surface area contributed by atoms with Crippen LogP contribution < -0.4 is 11.1 Å². The van der Waals surface area contributed by atoms with E-state index in [1.807, 2.05) is 0 Å². The summed E-state index contributed by atoms with van der Waals surface area (Å²) in [4.78, 5) is 11.2. The Morgan fingerprint density at radius 3 is 2.05 bits per heavy atom. The first-order valence-electron chi connectivity index (χ1n) is 7.51. The minimum Gasteiger partial charge on any atom is -0.382 e. The van der Waals surface area contributed by atoms with Crippen LogP contribution in [0.2, 0.25) is 0 Å². The fourth-order valence-corrected chi connectivity index (χ4v) is 1.73. The lowest BCUT2D eigenvalue weighted by Crippen LogP contribution is -2.43. The lowest BCUT2D eigenvalue weighted by Gasteiger charge is -2.14. The fraction of sp³-hybridized carbons (Fsp3) is 0.929. The standard InChI is InChI=1S/C14H28N2O5/c1-18-6-7-20-10-11-21-9-8-19-5-4-13(14(15)17)16-12-2-3-12/h12-13,16H,2-11H2,1H3,(H2,15,17). The molecule has 1 fully saturated rings. The van der Waals surface area contributed by atoms with Gasteiger partial charge >= 0.3 is 0 Å². The van der Waals surface area contributed by atoms with Crippen LogP contribution in [0.25, 0.3) is 0 Å². The van der Waals surface area contributed by atoms with Crippen LogP contribution in [0.15, 0.2) is 0 Å². The Hall–Kier alpha value is -0.730. The number of primary amides is 1. The summed E-state index contributed by atoms with van der Waals surface area (Å²) in [5, 5.41) is 3.21. The van der Waals surface area contributed by atoms with Gasteiger partial charge in [0.2, 0.25) is 5.91 Å². The minimum atomic E-state index is -0.310. The smallest absolute Gasteiger partial charge is 0.234 e. The van der Waals surface area contributed by atoms with Crippen molar-refractivity contribution < 1.29 is 23.7 Å². The van der Waals surface area contributed by atoms with Gasteiger partial charge in [-0.2, -0.15) is 0 Å². The van der Waals surface area contributed by atoms with Crippen LogP contribution in [-0.4, -0.2) is 71.3 Å². The van der Waals surface area contributed by atoms with Crippen molar-refractivity contribution in [1.29, 1.82) is 0 Å². The maximum atomic E-state index is 11.2. The summed E-state index contributed by atoms with van der Waals surface area (Å²) >= 11 is 0. The molecule has 0 aromatic carbocycles. The molecule has 0 saturated heterocycles. The van der Waals surface area contributed by atoms with E-state index < -0.39 is 0 Å². The molecule has 0 aromatic rings. The van der Waals surface area contributed by atoms with Gasteiger partial charge in [-0.25, -0.2) is 0 Å². The highest BCUT2D eigenvalue weighted by atomic mass is 16.6. The first kappa shape index (κ1) is 18.3. The molecule has 3 N–H and O–H groups in total. The van der Waals surface area contributed by atoms with Crippen LogP contribution in [0.3, 0.4) is 0 Å². The van der Waals surface area contributed by atoms with Crippen molar-refractivity contribution in [2.75, 3.05) is 53.4 Å². The van der Waals surface area contributed by atoms with Gasteiger partial charge in [-0.1, -0.05) is 0 Å². The third-order valence-electron chi connectivity index (χ3n) is 3.08. The van der Waals surface area contributed by atoms with Crippen molar-refractivity contribution in [2.45, 2.75) is 31.3 Å². The quantitative estimate of drug-likeness (QED) is 0.403. The zero-order valence-corrected chi connectivity index (χ0v) is 12.8. The van der Waals surface area contributed by atoms with Crippen molar-refractivity contribution in [3.8, 4) is 0 Å². The minimum absolute atomic E-state index is 0.285. The molecule has 0 aromatic heterocycles. The maximum Gasteiger partial charge on any atom is 0.234 e. The summed E-state index contributed by atoms with van der Waals surface area (Å²) in [5.41, 5.74) is 5.34. The van der Waals surface area contributed by atoms with Crippen LogP contribution in [0.4, 0.5) is 0 Å². The summed E-state index contributed by atoms with van der Waals surface area (Å²) in [6.45, 7) is 3.80. The first-order valence-corrected chi connectivity index (χ1v) is 7.51. The van der Waals surface area contributed by atoms with Crippen LogP contribution in [-0.2, 0) is 23.7 Å². The summed E-state index contributed by atoms with van der Waals surface area (Å²) in [7, 11) is 1.64. The molecule has 0 aliphatic heterocycles. The second-order valence-electron chi connectivity index (χ2n) is 5.01. The molecule has 1 unspecified atom stereocenters. The van der Waals surface area contributed by atoms with Crippen molar-refractivity contribution >= 4 is 5.91 Å². The average molecular weight is 304 g/mol. The molecule has 0 heterocycles. The molecule has 1 aliphatic carbocycles. The fourth-order valence-electron chi connectivity index (χ4n) is 1.73. The third kappa shape index (κ3) is 10.6. The number of carbonyl (C=O) groups is 1.